The lowest BCUT2D eigenvalue weighted by atomic mass is 9.98. The van der Waals surface area contributed by atoms with Gasteiger partial charge in [0.25, 0.3) is 0 Å². The second-order valence-corrected chi connectivity index (χ2v) is 5.86. The van der Waals surface area contributed by atoms with E-state index in [0.717, 1.165) is 25.0 Å². The van der Waals surface area contributed by atoms with E-state index in [2.05, 4.69) is 10.3 Å². The fourth-order valence-electron chi connectivity index (χ4n) is 2.43. The number of carboxylic acid groups (broad SMARTS) is 1. The van der Waals surface area contributed by atoms with Crippen molar-refractivity contribution < 1.29 is 14.7 Å². The zero-order valence-electron chi connectivity index (χ0n) is 11.5. The minimum Gasteiger partial charge on any atom is -0.481 e. The minimum atomic E-state index is -0.813. The predicted molar refractivity (Wildman–Crippen MR) is 77.1 cm³/mol. The number of aryl methyl sites for hydroxylation is 1. The maximum Gasteiger partial charge on any atom is 0.323 e. The highest BCUT2D eigenvalue weighted by molar-refractivity contribution is 7.13. The van der Waals surface area contributed by atoms with Crippen LogP contribution in [0, 0.1) is 6.92 Å². The molecule has 1 aliphatic heterocycles. The fourth-order valence-corrected chi connectivity index (χ4v) is 3.11. The van der Waals surface area contributed by atoms with E-state index in [4.69, 9.17) is 5.11 Å². The van der Waals surface area contributed by atoms with Crippen molar-refractivity contribution in [3.63, 3.8) is 0 Å². The Morgan fingerprint density at radius 1 is 1.55 bits per heavy atom. The van der Waals surface area contributed by atoms with Crippen LogP contribution in [0.4, 0.5) is 9.93 Å². The zero-order valence-corrected chi connectivity index (χ0v) is 12.3. The van der Waals surface area contributed by atoms with Crippen LogP contribution in [0.15, 0.2) is 5.38 Å². The van der Waals surface area contributed by atoms with Gasteiger partial charge in [-0.15, -0.1) is 11.3 Å². The number of hydrogen-bond acceptors (Lipinski definition) is 4. The van der Waals surface area contributed by atoms with E-state index in [1.807, 2.05) is 12.3 Å². The van der Waals surface area contributed by atoms with Crippen LogP contribution < -0.4 is 5.32 Å². The molecule has 0 bridgehead atoms. The number of thiazole rings is 1. The summed E-state index contributed by atoms with van der Waals surface area (Å²) in [6.45, 7) is 2.56. The molecule has 6 nitrogen and oxygen atoms in total. The highest BCUT2D eigenvalue weighted by Gasteiger charge is 2.27. The van der Waals surface area contributed by atoms with Gasteiger partial charge < -0.3 is 10.0 Å². The normalized spacial score (nSPS) is 18.9. The van der Waals surface area contributed by atoms with Crippen molar-refractivity contribution in [2.45, 2.75) is 45.1 Å². The molecule has 0 spiro atoms. The molecule has 1 saturated heterocycles. The van der Waals surface area contributed by atoms with Gasteiger partial charge in [0, 0.05) is 24.4 Å². The van der Waals surface area contributed by atoms with E-state index in [0.29, 0.717) is 18.1 Å². The number of urea groups is 1. The van der Waals surface area contributed by atoms with Gasteiger partial charge in [-0.05, 0) is 32.6 Å². The maximum atomic E-state index is 12.3. The molecule has 1 fully saturated rings. The number of nitrogens with zero attached hydrogens (tertiary/aromatic N) is 2. The first-order valence-electron chi connectivity index (χ1n) is 6.78. The predicted octanol–water partition coefficient (Wildman–Crippen LogP) is 2.70. The lowest BCUT2D eigenvalue weighted by Crippen LogP contribution is -2.46. The molecule has 1 unspecified atom stereocenters. The van der Waals surface area contributed by atoms with Gasteiger partial charge in [-0.1, -0.05) is 0 Å². The Hall–Kier alpha value is -1.63. The number of carboxylic acids is 1. The Kier molecular flexibility index (Phi) is 4.94. The van der Waals surface area contributed by atoms with Gasteiger partial charge in [0.05, 0.1) is 5.69 Å². The smallest absolute Gasteiger partial charge is 0.323 e. The molecule has 0 saturated carbocycles. The van der Waals surface area contributed by atoms with Crippen molar-refractivity contribution >= 4 is 28.5 Å². The Morgan fingerprint density at radius 3 is 3.00 bits per heavy atom. The topological polar surface area (TPSA) is 82.5 Å². The van der Waals surface area contributed by atoms with Crippen molar-refractivity contribution in [2.75, 3.05) is 11.9 Å². The third-order valence-electron chi connectivity index (χ3n) is 3.41. The average molecular weight is 297 g/mol. The molecule has 1 aliphatic rings. The first-order valence-corrected chi connectivity index (χ1v) is 7.66. The van der Waals surface area contributed by atoms with Crippen LogP contribution in [0.2, 0.25) is 0 Å². The van der Waals surface area contributed by atoms with Gasteiger partial charge in [0.1, 0.15) is 0 Å². The Labute approximate surface area is 121 Å². The molecule has 1 aromatic heterocycles. The molecule has 0 aliphatic carbocycles. The van der Waals surface area contributed by atoms with Crippen LogP contribution in [-0.4, -0.2) is 39.6 Å². The van der Waals surface area contributed by atoms with E-state index in [9.17, 15) is 9.59 Å². The monoisotopic (exact) mass is 297 g/mol. The van der Waals surface area contributed by atoms with Gasteiger partial charge >= 0.3 is 12.0 Å². The molecular formula is C13H19N3O3S. The quantitative estimate of drug-likeness (QED) is 0.895. The number of nitrogens with one attached hydrogen (secondary N) is 1. The van der Waals surface area contributed by atoms with E-state index >= 15 is 0 Å². The Bertz CT molecular complexity index is 489. The number of anilines is 1. The molecule has 110 valence electrons. The van der Waals surface area contributed by atoms with E-state index in [1.54, 1.807) is 4.90 Å². The molecule has 0 radical (unpaired) electrons. The minimum absolute atomic E-state index is 0.0147. The molecule has 7 heteroatoms. The van der Waals surface area contributed by atoms with Crippen LogP contribution in [0.25, 0.3) is 0 Å². The summed E-state index contributed by atoms with van der Waals surface area (Å²) in [5.41, 5.74) is 0.881. The second kappa shape index (κ2) is 6.69. The lowest BCUT2D eigenvalue weighted by molar-refractivity contribution is -0.137. The number of carbonyl (C=O) groups excluding carboxylic acids is 1. The molecule has 1 aromatic rings. The second-order valence-electron chi connectivity index (χ2n) is 5.00. The van der Waals surface area contributed by atoms with Gasteiger partial charge in [-0.3, -0.25) is 10.1 Å². The Morgan fingerprint density at radius 2 is 2.35 bits per heavy atom. The number of aromatic nitrogens is 1. The summed E-state index contributed by atoms with van der Waals surface area (Å²) >= 11 is 1.40. The SMILES string of the molecule is Cc1csc(NC(=O)N2CCCCC2CCC(=O)O)n1. The van der Waals surface area contributed by atoms with Crippen molar-refractivity contribution in [1.82, 2.24) is 9.88 Å². The molecule has 0 aromatic carbocycles. The van der Waals surface area contributed by atoms with Crippen LogP contribution >= 0.6 is 11.3 Å². The van der Waals surface area contributed by atoms with Crippen molar-refractivity contribution in [3.05, 3.63) is 11.1 Å². The summed E-state index contributed by atoms with van der Waals surface area (Å²) in [5.74, 6) is -0.813. The van der Waals surface area contributed by atoms with Crippen molar-refractivity contribution in [2.24, 2.45) is 0 Å². The van der Waals surface area contributed by atoms with Gasteiger partial charge in [-0.25, -0.2) is 9.78 Å². The summed E-state index contributed by atoms with van der Waals surface area (Å²) in [4.78, 5) is 28.9. The first kappa shape index (κ1) is 14.8. The maximum absolute atomic E-state index is 12.3. The average Bonchev–Trinajstić information content (AvgIpc) is 2.82. The highest BCUT2D eigenvalue weighted by Crippen LogP contribution is 2.23. The summed E-state index contributed by atoms with van der Waals surface area (Å²) < 4.78 is 0. The summed E-state index contributed by atoms with van der Waals surface area (Å²) in [6.07, 6.45) is 3.50. The van der Waals surface area contributed by atoms with Gasteiger partial charge in [0.2, 0.25) is 0 Å². The number of aliphatic carboxylic acids is 1. The molecule has 2 rings (SSSR count). The lowest BCUT2D eigenvalue weighted by Gasteiger charge is -2.35. The molecule has 2 amide bonds. The third-order valence-corrected chi connectivity index (χ3v) is 4.29. The highest BCUT2D eigenvalue weighted by atomic mass is 32.1. The summed E-state index contributed by atoms with van der Waals surface area (Å²) in [7, 11) is 0. The number of carbonyl (C=O) groups is 2. The number of rotatable bonds is 4. The number of likely N-dealkylation sites (tertiary alicyclic amines) is 1. The third kappa shape index (κ3) is 3.93. The Balaban J connectivity index is 1.95. The number of piperidine rings is 1. The van der Waals surface area contributed by atoms with E-state index < -0.39 is 5.97 Å². The molecule has 20 heavy (non-hydrogen) atoms. The van der Waals surface area contributed by atoms with Crippen LogP contribution in [0.3, 0.4) is 0 Å². The van der Waals surface area contributed by atoms with E-state index in [1.165, 1.54) is 11.3 Å². The first-order chi connectivity index (χ1) is 9.56. The van der Waals surface area contributed by atoms with Gasteiger partial charge in [-0.2, -0.15) is 0 Å². The summed E-state index contributed by atoms with van der Waals surface area (Å²) in [6, 6.07) is -0.157. The molecule has 2 heterocycles. The molecular weight excluding hydrogens is 278 g/mol. The number of amides is 2. The van der Waals surface area contributed by atoms with Crippen LogP contribution in [0.1, 0.15) is 37.8 Å². The van der Waals surface area contributed by atoms with Crippen molar-refractivity contribution in [3.8, 4) is 0 Å². The largest absolute Gasteiger partial charge is 0.481 e. The zero-order chi connectivity index (χ0) is 14.5. The van der Waals surface area contributed by atoms with Gasteiger partial charge in [0.15, 0.2) is 5.13 Å². The standard InChI is InChI=1S/C13H19N3O3S/c1-9-8-20-12(14-9)15-13(19)16-7-3-2-4-10(16)5-6-11(17)18/h8,10H,2-7H2,1H3,(H,17,18)(H,14,15,19). The fraction of sp³-hybridized carbons (Fsp3) is 0.615. The summed E-state index contributed by atoms with van der Waals surface area (Å²) in [5, 5.41) is 14.1. The molecule has 1 atom stereocenters. The van der Waals surface area contributed by atoms with Crippen LogP contribution in [-0.2, 0) is 4.79 Å². The number of hydrogen-bond donors (Lipinski definition) is 2. The molecule has 2 N–H and O–H groups in total. The van der Waals surface area contributed by atoms with Crippen LogP contribution in [0.5, 0.6) is 0 Å². The van der Waals surface area contributed by atoms with E-state index in [-0.39, 0.29) is 18.5 Å². The van der Waals surface area contributed by atoms with Crippen molar-refractivity contribution in [1.29, 1.82) is 0 Å².